The van der Waals surface area contributed by atoms with Crippen LogP contribution in [-0.4, -0.2) is 60.0 Å². The third-order valence-electron chi connectivity index (χ3n) is 2.82. The molecule has 1 aliphatic rings. The largest absolute Gasteiger partial charge is 0.480 e. The van der Waals surface area contributed by atoms with Crippen LogP contribution in [0.2, 0.25) is 0 Å². The summed E-state index contributed by atoms with van der Waals surface area (Å²) in [6.45, 7) is 3.86. The number of aliphatic carboxylic acids is 1. The first-order valence-electron chi connectivity index (χ1n) is 5.67. The highest BCUT2D eigenvalue weighted by Gasteiger charge is 2.21. The van der Waals surface area contributed by atoms with E-state index in [1.807, 2.05) is 4.90 Å². The number of carbonyl (C=O) groups is 2. The van der Waals surface area contributed by atoms with Crippen molar-refractivity contribution in [1.82, 2.24) is 9.80 Å². The van der Waals surface area contributed by atoms with E-state index in [0.29, 0.717) is 5.92 Å². The van der Waals surface area contributed by atoms with Gasteiger partial charge in [0.2, 0.25) is 5.91 Å². The van der Waals surface area contributed by atoms with E-state index in [1.165, 1.54) is 11.3 Å². The summed E-state index contributed by atoms with van der Waals surface area (Å²) < 4.78 is 0. The Hall–Kier alpha value is -1.10. The number of piperidine rings is 1. The fourth-order valence-corrected chi connectivity index (χ4v) is 2.03. The Morgan fingerprint density at radius 2 is 2.12 bits per heavy atom. The van der Waals surface area contributed by atoms with E-state index in [9.17, 15) is 9.59 Å². The van der Waals surface area contributed by atoms with Crippen LogP contribution in [0.4, 0.5) is 0 Å². The van der Waals surface area contributed by atoms with Crippen LogP contribution in [0.5, 0.6) is 0 Å². The van der Waals surface area contributed by atoms with Crippen LogP contribution in [0.3, 0.4) is 0 Å². The summed E-state index contributed by atoms with van der Waals surface area (Å²) in [5, 5.41) is 8.58. The molecule has 1 rings (SSSR count). The van der Waals surface area contributed by atoms with Crippen molar-refractivity contribution in [3.05, 3.63) is 0 Å². The molecule has 0 radical (unpaired) electrons. The second-order valence-corrected chi connectivity index (χ2v) is 4.65. The number of amides is 1. The summed E-state index contributed by atoms with van der Waals surface area (Å²) in [5.41, 5.74) is 0. The number of hydrogen-bond acceptors (Lipinski definition) is 3. The topological polar surface area (TPSA) is 60.9 Å². The lowest BCUT2D eigenvalue weighted by Crippen LogP contribution is -2.44. The predicted octanol–water partition coefficient (Wildman–Crippen LogP) is 0.261. The molecule has 1 fully saturated rings. The van der Waals surface area contributed by atoms with Crippen molar-refractivity contribution in [3.8, 4) is 0 Å². The van der Waals surface area contributed by atoms with Crippen LogP contribution in [0, 0.1) is 5.92 Å². The van der Waals surface area contributed by atoms with Crippen molar-refractivity contribution in [2.75, 3.05) is 33.2 Å². The van der Waals surface area contributed by atoms with Gasteiger partial charge >= 0.3 is 5.97 Å². The highest BCUT2D eigenvalue weighted by Crippen LogP contribution is 2.15. The van der Waals surface area contributed by atoms with Gasteiger partial charge < -0.3 is 10.0 Å². The van der Waals surface area contributed by atoms with Crippen molar-refractivity contribution in [1.29, 1.82) is 0 Å². The molecule has 1 heterocycles. The third-order valence-corrected chi connectivity index (χ3v) is 2.82. The normalized spacial score (nSPS) is 21.2. The van der Waals surface area contributed by atoms with Crippen LogP contribution >= 0.6 is 0 Å². The minimum Gasteiger partial charge on any atom is -0.480 e. The van der Waals surface area contributed by atoms with E-state index >= 15 is 0 Å². The van der Waals surface area contributed by atoms with Gasteiger partial charge in [0.15, 0.2) is 0 Å². The van der Waals surface area contributed by atoms with Gasteiger partial charge in [-0.05, 0) is 25.8 Å². The molecule has 16 heavy (non-hydrogen) atoms. The minimum absolute atomic E-state index is 0.0373. The second-order valence-electron chi connectivity index (χ2n) is 4.65. The molecule has 1 N–H and O–H groups in total. The first kappa shape index (κ1) is 13.0. The van der Waals surface area contributed by atoms with Gasteiger partial charge in [0.25, 0.3) is 0 Å². The van der Waals surface area contributed by atoms with E-state index in [1.54, 1.807) is 7.05 Å². The van der Waals surface area contributed by atoms with E-state index in [2.05, 4.69) is 6.92 Å². The van der Waals surface area contributed by atoms with E-state index < -0.39 is 5.97 Å². The lowest BCUT2D eigenvalue weighted by Gasteiger charge is -2.32. The summed E-state index contributed by atoms with van der Waals surface area (Å²) in [4.78, 5) is 25.7. The summed E-state index contributed by atoms with van der Waals surface area (Å²) in [5.74, 6) is -0.305. The van der Waals surface area contributed by atoms with Gasteiger partial charge in [0.05, 0.1) is 13.1 Å². The maximum atomic E-state index is 11.8. The molecule has 0 saturated carbocycles. The summed E-state index contributed by atoms with van der Waals surface area (Å²) in [6.07, 6.45) is 2.23. The smallest absolute Gasteiger partial charge is 0.317 e. The Kier molecular flexibility index (Phi) is 4.73. The first-order chi connectivity index (χ1) is 7.49. The molecule has 0 aromatic heterocycles. The number of nitrogens with zero attached hydrogens (tertiary/aromatic N) is 2. The molecule has 92 valence electrons. The van der Waals surface area contributed by atoms with Crippen molar-refractivity contribution in [2.24, 2.45) is 5.92 Å². The quantitative estimate of drug-likeness (QED) is 0.750. The van der Waals surface area contributed by atoms with E-state index in [4.69, 9.17) is 5.11 Å². The maximum absolute atomic E-state index is 11.8. The van der Waals surface area contributed by atoms with Gasteiger partial charge in [-0.1, -0.05) is 6.92 Å². The molecule has 0 aliphatic carbocycles. The summed E-state index contributed by atoms with van der Waals surface area (Å²) in [7, 11) is 1.65. The molecule has 0 spiro atoms. The van der Waals surface area contributed by atoms with Gasteiger partial charge in [-0.25, -0.2) is 0 Å². The fraction of sp³-hybridized carbons (Fsp3) is 0.818. The maximum Gasteiger partial charge on any atom is 0.317 e. The molecular weight excluding hydrogens is 208 g/mol. The predicted molar refractivity (Wildman–Crippen MR) is 60.1 cm³/mol. The zero-order chi connectivity index (χ0) is 12.1. The van der Waals surface area contributed by atoms with Gasteiger partial charge in [0.1, 0.15) is 0 Å². The molecule has 0 bridgehead atoms. The molecule has 5 nitrogen and oxygen atoms in total. The van der Waals surface area contributed by atoms with Crippen LogP contribution in [0.1, 0.15) is 19.8 Å². The van der Waals surface area contributed by atoms with Crippen molar-refractivity contribution in [2.45, 2.75) is 19.8 Å². The Morgan fingerprint density at radius 3 is 2.69 bits per heavy atom. The number of carboxylic acid groups (broad SMARTS) is 1. The third kappa shape index (κ3) is 4.18. The van der Waals surface area contributed by atoms with Crippen molar-refractivity contribution >= 4 is 11.9 Å². The van der Waals surface area contributed by atoms with Crippen molar-refractivity contribution in [3.63, 3.8) is 0 Å². The highest BCUT2D eigenvalue weighted by molar-refractivity contribution is 5.79. The molecule has 0 aromatic rings. The molecule has 1 aliphatic heterocycles. The summed E-state index contributed by atoms with van der Waals surface area (Å²) in [6, 6.07) is 0. The molecule has 1 atom stereocenters. The Labute approximate surface area is 96.0 Å². The monoisotopic (exact) mass is 228 g/mol. The number of rotatable bonds is 4. The Bertz CT molecular complexity index is 268. The number of carbonyl (C=O) groups excluding carboxylic acids is 1. The summed E-state index contributed by atoms with van der Waals surface area (Å²) >= 11 is 0. The van der Waals surface area contributed by atoms with Gasteiger partial charge in [-0.3, -0.25) is 14.5 Å². The zero-order valence-electron chi connectivity index (χ0n) is 9.98. The van der Waals surface area contributed by atoms with Gasteiger partial charge in [-0.15, -0.1) is 0 Å². The van der Waals surface area contributed by atoms with Crippen LogP contribution < -0.4 is 0 Å². The first-order valence-corrected chi connectivity index (χ1v) is 5.67. The fourth-order valence-electron chi connectivity index (χ4n) is 2.03. The van der Waals surface area contributed by atoms with Gasteiger partial charge in [0, 0.05) is 13.1 Å². The Morgan fingerprint density at radius 1 is 1.44 bits per heavy atom. The molecule has 1 unspecified atom stereocenters. The van der Waals surface area contributed by atoms with E-state index in [-0.39, 0.29) is 19.0 Å². The SMILES string of the molecule is CC1CCCN(C(=O)CN(C)CC(=O)O)C1. The average Bonchev–Trinajstić information content (AvgIpc) is 2.16. The second kappa shape index (κ2) is 5.84. The molecule has 5 heteroatoms. The Balaban J connectivity index is 2.36. The van der Waals surface area contributed by atoms with Crippen LogP contribution in [-0.2, 0) is 9.59 Å². The van der Waals surface area contributed by atoms with Crippen LogP contribution in [0.15, 0.2) is 0 Å². The van der Waals surface area contributed by atoms with Crippen molar-refractivity contribution < 1.29 is 14.7 Å². The molecule has 1 amide bonds. The zero-order valence-corrected chi connectivity index (χ0v) is 9.98. The number of likely N-dealkylation sites (N-methyl/N-ethyl adjacent to an activating group) is 1. The molecule has 1 saturated heterocycles. The molecular formula is C11H20N2O3. The highest BCUT2D eigenvalue weighted by atomic mass is 16.4. The number of likely N-dealkylation sites (tertiary alicyclic amines) is 1. The lowest BCUT2D eigenvalue weighted by molar-refractivity contribution is -0.139. The van der Waals surface area contributed by atoms with E-state index in [0.717, 1.165) is 19.5 Å². The number of carboxylic acids is 1. The molecule has 0 aromatic carbocycles. The van der Waals surface area contributed by atoms with Gasteiger partial charge in [-0.2, -0.15) is 0 Å². The average molecular weight is 228 g/mol. The standard InChI is InChI=1S/C11H20N2O3/c1-9-4-3-5-13(6-9)10(14)7-12(2)8-11(15)16/h9H,3-8H2,1-2H3,(H,15,16). The lowest BCUT2D eigenvalue weighted by atomic mass is 10.0. The van der Waals surface area contributed by atoms with Crippen LogP contribution in [0.25, 0.3) is 0 Å². The minimum atomic E-state index is -0.901. The number of hydrogen-bond donors (Lipinski definition) is 1.